The predicted molar refractivity (Wildman–Crippen MR) is 107 cm³/mol. The number of methoxy groups -OCH3 is 1. The molecule has 8 heteroatoms. The van der Waals surface area contributed by atoms with Crippen molar-refractivity contribution in [2.75, 3.05) is 30.5 Å². The van der Waals surface area contributed by atoms with Crippen molar-refractivity contribution in [1.82, 2.24) is 0 Å². The van der Waals surface area contributed by atoms with E-state index in [0.29, 0.717) is 11.3 Å². The van der Waals surface area contributed by atoms with E-state index in [0.717, 1.165) is 0 Å². The van der Waals surface area contributed by atoms with Crippen molar-refractivity contribution in [3.8, 4) is 0 Å². The van der Waals surface area contributed by atoms with Gasteiger partial charge in [-0.1, -0.05) is 12.1 Å². The fourth-order valence-corrected chi connectivity index (χ4v) is 2.61. The van der Waals surface area contributed by atoms with Gasteiger partial charge in [-0.2, -0.15) is 0 Å². The second kappa shape index (κ2) is 10.0. The minimum absolute atomic E-state index is 0.190. The Labute approximate surface area is 168 Å². The van der Waals surface area contributed by atoms with Gasteiger partial charge in [-0.3, -0.25) is 9.59 Å². The van der Waals surface area contributed by atoms with E-state index in [4.69, 9.17) is 4.74 Å². The number of para-hydroxylation sites is 1. The van der Waals surface area contributed by atoms with Crippen LogP contribution in [0.4, 0.5) is 11.4 Å². The lowest BCUT2D eigenvalue weighted by atomic mass is 10.1. The molecule has 0 aliphatic carbocycles. The number of hydrogen-bond donors (Lipinski definition) is 1. The van der Waals surface area contributed by atoms with E-state index >= 15 is 0 Å². The first-order chi connectivity index (χ1) is 13.9. The predicted octanol–water partition coefficient (Wildman–Crippen LogP) is 2.64. The third-order valence-electron chi connectivity index (χ3n) is 3.96. The Kier molecular flexibility index (Phi) is 7.47. The van der Waals surface area contributed by atoms with Gasteiger partial charge in [0, 0.05) is 12.6 Å². The SMILES string of the molecule is CCOC(=O)c1ccccc1N(CC(=O)Nc1ccc(C(=O)OC)cc1)C(C)=O. The second-order valence-electron chi connectivity index (χ2n) is 5.96. The Hall–Kier alpha value is -3.68. The summed E-state index contributed by atoms with van der Waals surface area (Å²) in [4.78, 5) is 49.5. The molecule has 0 aliphatic heterocycles. The van der Waals surface area contributed by atoms with Crippen LogP contribution < -0.4 is 10.2 Å². The van der Waals surface area contributed by atoms with Gasteiger partial charge in [-0.25, -0.2) is 9.59 Å². The van der Waals surface area contributed by atoms with Crippen LogP contribution in [0.3, 0.4) is 0 Å². The molecule has 0 bridgehead atoms. The van der Waals surface area contributed by atoms with Crippen molar-refractivity contribution >= 4 is 35.1 Å². The van der Waals surface area contributed by atoms with E-state index in [-0.39, 0.29) is 24.4 Å². The highest BCUT2D eigenvalue weighted by Crippen LogP contribution is 2.22. The molecule has 0 aromatic heterocycles. The van der Waals surface area contributed by atoms with Gasteiger partial charge in [-0.15, -0.1) is 0 Å². The van der Waals surface area contributed by atoms with Crippen molar-refractivity contribution in [2.24, 2.45) is 0 Å². The molecule has 0 heterocycles. The lowest BCUT2D eigenvalue weighted by molar-refractivity contribution is -0.120. The summed E-state index contributed by atoms with van der Waals surface area (Å²) in [6, 6.07) is 12.6. The highest BCUT2D eigenvalue weighted by molar-refractivity contribution is 6.06. The molecule has 0 atom stereocenters. The van der Waals surface area contributed by atoms with Crippen molar-refractivity contribution in [3.05, 3.63) is 59.7 Å². The molecule has 8 nitrogen and oxygen atoms in total. The summed E-state index contributed by atoms with van der Waals surface area (Å²) >= 11 is 0. The van der Waals surface area contributed by atoms with Crippen LogP contribution in [0.5, 0.6) is 0 Å². The van der Waals surface area contributed by atoms with Crippen LogP contribution in [0, 0.1) is 0 Å². The van der Waals surface area contributed by atoms with Gasteiger partial charge in [0.05, 0.1) is 30.5 Å². The molecule has 0 saturated heterocycles. The first-order valence-corrected chi connectivity index (χ1v) is 8.89. The summed E-state index contributed by atoms with van der Waals surface area (Å²) in [5, 5.41) is 2.65. The summed E-state index contributed by atoms with van der Waals surface area (Å²) in [6.07, 6.45) is 0. The van der Waals surface area contributed by atoms with E-state index in [9.17, 15) is 19.2 Å². The summed E-state index contributed by atoms with van der Waals surface area (Å²) in [5.41, 5.74) is 1.28. The molecular formula is C21H22N2O6. The smallest absolute Gasteiger partial charge is 0.340 e. The lowest BCUT2D eigenvalue weighted by Crippen LogP contribution is -2.37. The number of amides is 2. The topological polar surface area (TPSA) is 102 Å². The minimum atomic E-state index is -0.576. The number of nitrogens with one attached hydrogen (secondary N) is 1. The first-order valence-electron chi connectivity index (χ1n) is 8.89. The number of carbonyl (C=O) groups excluding carboxylic acids is 4. The van der Waals surface area contributed by atoms with Gasteiger partial charge < -0.3 is 19.7 Å². The monoisotopic (exact) mass is 398 g/mol. The Bertz CT molecular complexity index is 908. The summed E-state index contributed by atoms with van der Waals surface area (Å²) in [7, 11) is 1.28. The van der Waals surface area contributed by atoms with Gasteiger partial charge >= 0.3 is 11.9 Å². The molecule has 152 valence electrons. The first kappa shape index (κ1) is 21.6. The Morgan fingerprint density at radius 2 is 1.62 bits per heavy atom. The number of hydrogen-bond acceptors (Lipinski definition) is 6. The molecule has 2 aromatic carbocycles. The summed E-state index contributed by atoms with van der Waals surface area (Å²) < 4.78 is 9.65. The molecule has 1 N–H and O–H groups in total. The second-order valence-corrected chi connectivity index (χ2v) is 5.96. The maximum atomic E-state index is 12.5. The molecule has 0 spiro atoms. The third-order valence-corrected chi connectivity index (χ3v) is 3.96. The van der Waals surface area contributed by atoms with E-state index in [2.05, 4.69) is 10.1 Å². The molecule has 29 heavy (non-hydrogen) atoms. The molecule has 2 aromatic rings. The quantitative estimate of drug-likeness (QED) is 0.720. The zero-order chi connectivity index (χ0) is 21.4. The number of esters is 2. The van der Waals surface area contributed by atoms with Gasteiger partial charge in [0.25, 0.3) is 0 Å². The number of carbonyl (C=O) groups is 4. The van der Waals surface area contributed by atoms with Crippen LogP contribution in [0.25, 0.3) is 0 Å². The van der Waals surface area contributed by atoms with Crippen LogP contribution in [-0.2, 0) is 19.1 Å². The molecule has 0 unspecified atom stereocenters. The van der Waals surface area contributed by atoms with Crippen molar-refractivity contribution in [2.45, 2.75) is 13.8 Å². The zero-order valence-electron chi connectivity index (χ0n) is 16.4. The minimum Gasteiger partial charge on any atom is -0.465 e. The number of ether oxygens (including phenoxy) is 2. The molecule has 0 saturated carbocycles. The summed E-state index contributed by atoms with van der Waals surface area (Å²) in [6.45, 7) is 2.88. The molecule has 2 rings (SSSR count). The average Bonchev–Trinajstić information content (AvgIpc) is 2.72. The Morgan fingerprint density at radius 1 is 0.966 bits per heavy atom. The number of anilines is 2. The van der Waals surface area contributed by atoms with Crippen LogP contribution in [0.15, 0.2) is 48.5 Å². The maximum absolute atomic E-state index is 12.5. The standard InChI is InChI=1S/C21H22N2O6/c1-4-29-21(27)17-7-5-6-8-18(17)23(14(2)24)13-19(25)22-16-11-9-15(10-12-16)20(26)28-3/h5-12H,4,13H2,1-3H3,(H,22,25). The number of nitrogens with zero attached hydrogens (tertiary/aromatic N) is 1. The van der Waals surface area contributed by atoms with Crippen molar-refractivity contribution in [3.63, 3.8) is 0 Å². The Morgan fingerprint density at radius 3 is 2.21 bits per heavy atom. The highest BCUT2D eigenvalue weighted by Gasteiger charge is 2.22. The van der Waals surface area contributed by atoms with Crippen molar-refractivity contribution < 1.29 is 28.7 Å². The maximum Gasteiger partial charge on any atom is 0.340 e. The van der Waals surface area contributed by atoms with Gasteiger partial charge in [0.15, 0.2) is 0 Å². The number of benzene rings is 2. The van der Waals surface area contributed by atoms with Gasteiger partial charge in [0.2, 0.25) is 11.8 Å². The van der Waals surface area contributed by atoms with Crippen LogP contribution in [0.2, 0.25) is 0 Å². The van der Waals surface area contributed by atoms with Crippen LogP contribution in [0.1, 0.15) is 34.6 Å². The third kappa shape index (κ3) is 5.65. The van der Waals surface area contributed by atoms with Crippen LogP contribution >= 0.6 is 0 Å². The lowest BCUT2D eigenvalue weighted by Gasteiger charge is -2.23. The van der Waals surface area contributed by atoms with E-state index in [1.807, 2.05) is 0 Å². The molecule has 2 amide bonds. The Balaban J connectivity index is 2.17. The normalized spacial score (nSPS) is 10.0. The molecule has 0 aliphatic rings. The fourth-order valence-electron chi connectivity index (χ4n) is 2.61. The highest BCUT2D eigenvalue weighted by atomic mass is 16.5. The summed E-state index contributed by atoms with van der Waals surface area (Å²) in [5.74, 6) is -1.93. The molecule has 0 radical (unpaired) electrons. The van der Waals surface area contributed by atoms with Crippen molar-refractivity contribution in [1.29, 1.82) is 0 Å². The van der Waals surface area contributed by atoms with E-state index < -0.39 is 23.8 Å². The van der Waals surface area contributed by atoms with E-state index in [1.165, 1.54) is 37.1 Å². The zero-order valence-corrected chi connectivity index (χ0v) is 16.4. The molecular weight excluding hydrogens is 376 g/mol. The van der Waals surface area contributed by atoms with E-state index in [1.54, 1.807) is 37.3 Å². The van der Waals surface area contributed by atoms with Gasteiger partial charge in [-0.05, 0) is 43.3 Å². The largest absolute Gasteiger partial charge is 0.465 e. The van der Waals surface area contributed by atoms with Gasteiger partial charge in [0.1, 0.15) is 6.54 Å². The average molecular weight is 398 g/mol. The molecule has 0 fully saturated rings. The number of rotatable bonds is 7. The van der Waals surface area contributed by atoms with Crippen LogP contribution in [-0.4, -0.2) is 44.0 Å². The fraction of sp³-hybridized carbons (Fsp3) is 0.238.